The van der Waals surface area contributed by atoms with Crippen LogP contribution in [0.25, 0.3) is 11.3 Å². The average molecular weight is 431 g/mol. The average Bonchev–Trinajstić information content (AvgIpc) is 3.17. The molecule has 9 heteroatoms. The number of pyridine rings is 1. The molecule has 3 rings (SSSR count). The van der Waals surface area contributed by atoms with Crippen molar-refractivity contribution >= 4 is 27.3 Å². The van der Waals surface area contributed by atoms with Crippen LogP contribution in [0.2, 0.25) is 0 Å². The van der Waals surface area contributed by atoms with E-state index in [1.165, 1.54) is 31.5 Å². The van der Waals surface area contributed by atoms with Crippen LogP contribution in [0.15, 0.2) is 46.9 Å². The summed E-state index contributed by atoms with van der Waals surface area (Å²) >= 11 is 1.45. The van der Waals surface area contributed by atoms with Crippen molar-refractivity contribution in [3.8, 4) is 11.3 Å². The largest absolute Gasteiger partial charge is 0.346 e. The number of carbonyl (C=O) groups is 1. The van der Waals surface area contributed by atoms with Gasteiger partial charge in [-0.25, -0.2) is 17.7 Å². The molecule has 0 fully saturated rings. The molecule has 152 valence electrons. The third kappa shape index (κ3) is 4.52. The van der Waals surface area contributed by atoms with Gasteiger partial charge in [0.05, 0.1) is 17.1 Å². The number of nitrogens with one attached hydrogen (secondary N) is 1. The van der Waals surface area contributed by atoms with Crippen LogP contribution >= 0.6 is 11.3 Å². The summed E-state index contributed by atoms with van der Waals surface area (Å²) in [6.45, 7) is 3.80. The minimum Gasteiger partial charge on any atom is -0.346 e. The molecule has 0 unspecified atom stereocenters. The van der Waals surface area contributed by atoms with Crippen LogP contribution in [-0.4, -0.2) is 42.7 Å². The molecule has 0 atom stereocenters. The zero-order valence-electron chi connectivity index (χ0n) is 16.6. The van der Waals surface area contributed by atoms with Gasteiger partial charge in [-0.2, -0.15) is 0 Å². The number of benzene rings is 1. The van der Waals surface area contributed by atoms with E-state index >= 15 is 0 Å². The van der Waals surface area contributed by atoms with Crippen molar-refractivity contribution < 1.29 is 13.2 Å². The van der Waals surface area contributed by atoms with Crippen molar-refractivity contribution in [1.29, 1.82) is 0 Å². The second-order valence-electron chi connectivity index (χ2n) is 6.75. The lowest BCUT2D eigenvalue weighted by Gasteiger charge is -2.16. The highest BCUT2D eigenvalue weighted by atomic mass is 32.2. The molecular weight excluding hydrogens is 408 g/mol. The van der Waals surface area contributed by atoms with Crippen LogP contribution in [0, 0.1) is 13.8 Å². The fourth-order valence-corrected chi connectivity index (χ4v) is 4.69. The summed E-state index contributed by atoms with van der Waals surface area (Å²) in [7, 11) is -0.699. The number of sulfonamides is 1. The number of nitrogens with zero attached hydrogens (tertiary/aromatic N) is 3. The summed E-state index contributed by atoms with van der Waals surface area (Å²) in [6.07, 6.45) is 3.41. The van der Waals surface area contributed by atoms with E-state index in [4.69, 9.17) is 0 Å². The third-order valence-electron chi connectivity index (χ3n) is 4.57. The Morgan fingerprint density at radius 3 is 2.52 bits per heavy atom. The lowest BCUT2D eigenvalue weighted by atomic mass is 10.1. The van der Waals surface area contributed by atoms with Crippen LogP contribution in [0.4, 0.5) is 0 Å². The van der Waals surface area contributed by atoms with E-state index in [0.29, 0.717) is 11.1 Å². The van der Waals surface area contributed by atoms with Crippen molar-refractivity contribution in [2.45, 2.75) is 25.3 Å². The van der Waals surface area contributed by atoms with Gasteiger partial charge in [-0.05, 0) is 49.2 Å². The van der Waals surface area contributed by atoms with Gasteiger partial charge < -0.3 is 5.32 Å². The Labute approximate surface area is 174 Å². The van der Waals surface area contributed by atoms with E-state index < -0.39 is 10.0 Å². The minimum atomic E-state index is -3.64. The Balaban J connectivity index is 1.78. The van der Waals surface area contributed by atoms with Gasteiger partial charge >= 0.3 is 0 Å². The predicted molar refractivity (Wildman–Crippen MR) is 113 cm³/mol. The van der Waals surface area contributed by atoms with Gasteiger partial charge in [0.2, 0.25) is 10.0 Å². The summed E-state index contributed by atoms with van der Waals surface area (Å²) < 4.78 is 26.3. The van der Waals surface area contributed by atoms with E-state index in [-0.39, 0.29) is 17.3 Å². The second kappa shape index (κ2) is 8.40. The molecule has 2 aromatic heterocycles. The Morgan fingerprint density at radius 1 is 1.17 bits per heavy atom. The summed E-state index contributed by atoms with van der Waals surface area (Å²) in [5.74, 6) is -0.344. The molecule has 2 heterocycles. The maximum Gasteiger partial charge on any atom is 0.251 e. The van der Waals surface area contributed by atoms with E-state index in [1.807, 2.05) is 17.5 Å². The highest BCUT2D eigenvalue weighted by Gasteiger charge is 2.23. The van der Waals surface area contributed by atoms with Crippen molar-refractivity contribution in [2.24, 2.45) is 0 Å². The van der Waals surface area contributed by atoms with Gasteiger partial charge in [0.25, 0.3) is 5.91 Å². The number of amides is 1. The monoisotopic (exact) mass is 430 g/mol. The standard InChI is InChI=1S/C20H22N4O3S2/c1-13-9-16(10-18(14(13)2)29(26,27)24(3)4)20(25)22-11-19-23-17(12-28-19)15-5-7-21-8-6-15/h5-10,12H,11H2,1-4H3,(H,22,25). The topological polar surface area (TPSA) is 92.3 Å². The molecule has 0 aliphatic heterocycles. The van der Waals surface area contributed by atoms with Gasteiger partial charge in [-0.3, -0.25) is 9.78 Å². The van der Waals surface area contributed by atoms with Crippen LogP contribution in [0.5, 0.6) is 0 Å². The molecule has 0 aliphatic rings. The van der Waals surface area contributed by atoms with Gasteiger partial charge in [0, 0.05) is 43.0 Å². The highest BCUT2D eigenvalue weighted by Crippen LogP contribution is 2.24. The second-order valence-corrected chi connectivity index (χ2v) is 9.81. The molecule has 7 nitrogen and oxygen atoms in total. The minimum absolute atomic E-state index is 0.141. The van der Waals surface area contributed by atoms with E-state index in [0.717, 1.165) is 26.1 Å². The fourth-order valence-electron chi connectivity index (χ4n) is 2.73. The number of rotatable bonds is 6. The zero-order chi connectivity index (χ0) is 21.2. The van der Waals surface area contributed by atoms with Gasteiger partial charge in [-0.1, -0.05) is 0 Å². The number of aromatic nitrogens is 2. The molecule has 1 aromatic carbocycles. The van der Waals surface area contributed by atoms with Crippen molar-refractivity contribution in [1.82, 2.24) is 19.6 Å². The molecular formula is C20H22N4O3S2. The first-order valence-electron chi connectivity index (χ1n) is 8.87. The summed E-state index contributed by atoms with van der Waals surface area (Å²) in [4.78, 5) is 21.3. The third-order valence-corrected chi connectivity index (χ3v) is 7.36. The highest BCUT2D eigenvalue weighted by molar-refractivity contribution is 7.89. The van der Waals surface area contributed by atoms with Gasteiger partial charge in [0.15, 0.2) is 0 Å². The van der Waals surface area contributed by atoms with Crippen molar-refractivity contribution in [3.05, 3.63) is 63.7 Å². The number of carbonyl (C=O) groups excluding carboxylic acids is 1. The zero-order valence-corrected chi connectivity index (χ0v) is 18.3. The molecule has 29 heavy (non-hydrogen) atoms. The van der Waals surface area contributed by atoms with Crippen LogP contribution in [0.1, 0.15) is 26.5 Å². The van der Waals surface area contributed by atoms with Crippen molar-refractivity contribution in [3.63, 3.8) is 0 Å². The predicted octanol–water partition coefficient (Wildman–Crippen LogP) is 3.00. The van der Waals surface area contributed by atoms with Gasteiger partial charge in [-0.15, -0.1) is 11.3 Å². The Hall–Kier alpha value is -2.62. The first kappa shape index (κ1) is 21.1. The Morgan fingerprint density at radius 2 is 1.86 bits per heavy atom. The fraction of sp³-hybridized carbons (Fsp3) is 0.250. The smallest absolute Gasteiger partial charge is 0.251 e. The Kier molecular flexibility index (Phi) is 6.11. The quantitative estimate of drug-likeness (QED) is 0.649. The molecule has 0 aliphatic carbocycles. The molecule has 1 amide bonds. The first-order chi connectivity index (χ1) is 13.7. The summed E-state index contributed by atoms with van der Waals surface area (Å²) in [5, 5.41) is 5.51. The Bertz CT molecular complexity index is 1140. The van der Waals surface area contributed by atoms with E-state index in [9.17, 15) is 13.2 Å². The lowest BCUT2D eigenvalue weighted by Crippen LogP contribution is -2.26. The number of hydrogen-bond acceptors (Lipinski definition) is 6. The molecule has 0 spiro atoms. The maximum absolute atomic E-state index is 12.7. The van der Waals surface area contributed by atoms with Crippen LogP contribution in [-0.2, 0) is 16.6 Å². The molecule has 0 radical (unpaired) electrons. The molecule has 1 N–H and O–H groups in total. The summed E-state index contributed by atoms with van der Waals surface area (Å²) in [5.41, 5.74) is 3.47. The van der Waals surface area contributed by atoms with E-state index in [1.54, 1.807) is 32.3 Å². The van der Waals surface area contributed by atoms with Crippen molar-refractivity contribution in [2.75, 3.05) is 14.1 Å². The van der Waals surface area contributed by atoms with Crippen LogP contribution < -0.4 is 5.32 Å². The molecule has 3 aromatic rings. The number of hydrogen-bond donors (Lipinski definition) is 1. The normalized spacial score (nSPS) is 11.6. The SMILES string of the molecule is Cc1cc(C(=O)NCc2nc(-c3ccncc3)cs2)cc(S(=O)(=O)N(C)C)c1C. The van der Waals surface area contributed by atoms with E-state index in [2.05, 4.69) is 15.3 Å². The van der Waals surface area contributed by atoms with Crippen LogP contribution in [0.3, 0.4) is 0 Å². The number of thiazole rings is 1. The number of aryl methyl sites for hydroxylation is 1. The molecule has 0 saturated carbocycles. The molecule has 0 saturated heterocycles. The van der Waals surface area contributed by atoms with Gasteiger partial charge in [0.1, 0.15) is 5.01 Å². The molecule has 0 bridgehead atoms. The summed E-state index contributed by atoms with van der Waals surface area (Å²) in [6, 6.07) is 6.87. The maximum atomic E-state index is 12.7. The lowest BCUT2D eigenvalue weighted by molar-refractivity contribution is 0.0950. The first-order valence-corrected chi connectivity index (χ1v) is 11.2.